The number of aromatic nitrogens is 2. The summed E-state index contributed by atoms with van der Waals surface area (Å²) in [6, 6.07) is 6.71. The molecule has 0 saturated heterocycles. The maximum absolute atomic E-state index is 10.5. The van der Waals surface area contributed by atoms with Crippen molar-refractivity contribution in [1.82, 2.24) is 9.55 Å². The highest BCUT2D eigenvalue weighted by Crippen LogP contribution is 2.20. The maximum Gasteiger partial charge on any atom is 0.306 e. The second-order valence-corrected chi connectivity index (χ2v) is 4.72. The summed E-state index contributed by atoms with van der Waals surface area (Å²) in [4.78, 5) is 13.4. The molecule has 6 nitrogen and oxygen atoms in total. The molecule has 2 aromatic rings. The summed E-state index contributed by atoms with van der Waals surface area (Å²) < 4.78 is 2.29. The maximum atomic E-state index is 10.5. The molecule has 0 saturated carbocycles. The van der Waals surface area contributed by atoms with E-state index in [2.05, 4.69) is 4.98 Å². The number of hydrogen-bond donors (Lipinski definition) is 4. The molecule has 2 unspecified atom stereocenters. The van der Waals surface area contributed by atoms with Gasteiger partial charge in [0, 0.05) is 18.1 Å². The molecule has 0 aliphatic carbocycles. The number of carboxylic acid groups (broad SMARTS) is 1. The van der Waals surface area contributed by atoms with Gasteiger partial charge in [-0.25, -0.2) is 0 Å². The van der Waals surface area contributed by atoms with Gasteiger partial charge in [0.05, 0.1) is 12.5 Å². The Balaban J connectivity index is 2.18. The van der Waals surface area contributed by atoms with E-state index in [0.717, 1.165) is 5.69 Å². The van der Waals surface area contributed by atoms with Gasteiger partial charge in [0.1, 0.15) is 6.10 Å². The van der Waals surface area contributed by atoms with E-state index in [0.29, 0.717) is 10.3 Å². The van der Waals surface area contributed by atoms with Crippen molar-refractivity contribution in [2.24, 2.45) is 0 Å². The van der Waals surface area contributed by atoms with E-state index in [9.17, 15) is 15.0 Å². The number of nitrogens with zero attached hydrogens (tertiary/aromatic N) is 1. The van der Waals surface area contributed by atoms with Crippen LogP contribution in [0.3, 0.4) is 0 Å². The van der Waals surface area contributed by atoms with Crippen molar-refractivity contribution in [3.05, 3.63) is 47.0 Å². The molecule has 0 bridgehead atoms. The number of nitrogens with one attached hydrogen (secondary N) is 1. The van der Waals surface area contributed by atoms with Crippen molar-refractivity contribution < 1.29 is 20.1 Å². The predicted octanol–water partition coefficient (Wildman–Crippen LogP) is 1.40. The van der Waals surface area contributed by atoms with Crippen LogP contribution in [-0.2, 0) is 4.79 Å². The number of rotatable bonds is 5. The highest BCUT2D eigenvalue weighted by molar-refractivity contribution is 7.71. The third-order valence-electron chi connectivity index (χ3n) is 2.91. The highest BCUT2D eigenvalue weighted by atomic mass is 32.1. The number of imidazole rings is 1. The first-order valence-corrected chi connectivity index (χ1v) is 6.34. The number of hydrogen-bond acceptors (Lipinski definition) is 4. The number of carbonyl (C=O) groups is 1. The average Bonchev–Trinajstić information content (AvgIpc) is 2.83. The Morgan fingerprint density at radius 3 is 2.45 bits per heavy atom. The molecule has 106 valence electrons. The van der Waals surface area contributed by atoms with Gasteiger partial charge in [0.2, 0.25) is 0 Å². The first-order chi connectivity index (χ1) is 9.49. The number of aliphatic hydroxyl groups excluding tert-OH is 2. The predicted molar refractivity (Wildman–Crippen MR) is 74.2 cm³/mol. The zero-order valence-corrected chi connectivity index (χ0v) is 11.2. The minimum absolute atomic E-state index is 0.449. The molecule has 0 aliphatic heterocycles. The van der Waals surface area contributed by atoms with Crippen LogP contribution in [0.5, 0.6) is 0 Å². The molecule has 2 rings (SSSR count). The fraction of sp³-hybridized carbons (Fsp3) is 0.231. The second kappa shape index (κ2) is 6.00. The summed E-state index contributed by atoms with van der Waals surface area (Å²) in [6.07, 6.45) is 0.396. The van der Waals surface area contributed by atoms with E-state index in [1.165, 1.54) is 0 Å². The van der Waals surface area contributed by atoms with Crippen molar-refractivity contribution in [2.45, 2.75) is 18.6 Å². The van der Waals surface area contributed by atoms with Gasteiger partial charge < -0.3 is 20.3 Å². The van der Waals surface area contributed by atoms with Crippen LogP contribution in [-0.4, -0.2) is 36.9 Å². The second-order valence-electron chi connectivity index (χ2n) is 4.34. The Bertz CT molecular complexity index is 647. The third-order valence-corrected chi connectivity index (χ3v) is 3.22. The number of carboxylic acids is 1. The average molecular weight is 294 g/mol. The number of benzene rings is 1. The van der Waals surface area contributed by atoms with Crippen LogP contribution in [0.1, 0.15) is 18.1 Å². The van der Waals surface area contributed by atoms with E-state index in [4.69, 9.17) is 17.3 Å². The van der Waals surface area contributed by atoms with Gasteiger partial charge in [-0.05, 0) is 29.9 Å². The van der Waals surface area contributed by atoms with Crippen LogP contribution in [0.15, 0.2) is 36.7 Å². The molecule has 0 fully saturated rings. The van der Waals surface area contributed by atoms with E-state index >= 15 is 0 Å². The van der Waals surface area contributed by atoms with E-state index in [-0.39, 0.29) is 0 Å². The molecule has 0 amide bonds. The summed E-state index contributed by atoms with van der Waals surface area (Å²) in [6.45, 7) is 0. The van der Waals surface area contributed by atoms with Gasteiger partial charge in [-0.3, -0.25) is 9.36 Å². The fourth-order valence-electron chi connectivity index (χ4n) is 1.87. The molecule has 1 heterocycles. The minimum atomic E-state index is -1.34. The summed E-state index contributed by atoms with van der Waals surface area (Å²) in [7, 11) is 0. The summed E-state index contributed by atoms with van der Waals surface area (Å²) in [5, 5.41) is 28.0. The molecule has 7 heteroatoms. The van der Waals surface area contributed by atoms with E-state index in [1.54, 1.807) is 41.2 Å². The minimum Gasteiger partial charge on any atom is -0.481 e. The lowest BCUT2D eigenvalue weighted by Gasteiger charge is -2.16. The molecule has 2 atom stereocenters. The standard InChI is InChI=1S/C13H14N2O4S/c16-10(7-11(17)18)12(19)8-1-3-9(4-2-8)15-6-5-14-13(15)20/h1-6,10,12,16,19H,7H2,(H,14,20)(H,17,18). The lowest BCUT2D eigenvalue weighted by Crippen LogP contribution is -2.21. The van der Waals surface area contributed by atoms with Gasteiger partial charge in [-0.2, -0.15) is 0 Å². The number of aromatic amines is 1. The van der Waals surface area contributed by atoms with Crippen molar-refractivity contribution in [3.8, 4) is 5.69 Å². The van der Waals surface area contributed by atoms with Crippen LogP contribution in [0.2, 0.25) is 0 Å². The van der Waals surface area contributed by atoms with Gasteiger partial charge in [-0.15, -0.1) is 0 Å². The fourth-order valence-corrected chi connectivity index (χ4v) is 2.10. The van der Waals surface area contributed by atoms with Crippen molar-refractivity contribution in [1.29, 1.82) is 0 Å². The lowest BCUT2D eigenvalue weighted by atomic mass is 10.0. The molecule has 1 aromatic carbocycles. The molecule has 4 N–H and O–H groups in total. The van der Waals surface area contributed by atoms with Gasteiger partial charge in [0.15, 0.2) is 4.77 Å². The number of aliphatic carboxylic acids is 1. The molecule has 20 heavy (non-hydrogen) atoms. The van der Waals surface area contributed by atoms with Crippen molar-refractivity contribution in [2.75, 3.05) is 0 Å². The molecular weight excluding hydrogens is 280 g/mol. The Kier molecular flexibility index (Phi) is 4.33. The zero-order chi connectivity index (χ0) is 14.7. The Morgan fingerprint density at radius 2 is 1.95 bits per heavy atom. The summed E-state index contributed by atoms with van der Waals surface area (Å²) in [5.74, 6) is -1.16. The summed E-state index contributed by atoms with van der Waals surface area (Å²) >= 11 is 5.09. The summed E-state index contributed by atoms with van der Waals surface area (Å²) in [5.41, 5.74) is 1.25. The quantitative estimate of drug-likeness (QED) is 0.625. The van der Waals surface area contributed by atoms with Gasteiger partial charge in [-0.1, -0.05) is 12.1 Å². The zero-order valence-electron chi connectivity index (χ0n) is 10.4. The molecular formula is C13H14N2O4S. The van der Waals surface area contributed by atoms with Crippen molar-refractivity contribution >= 4 is 18.2 Å². The third kappa shape index (κ3) is 3.13. The molecule has 0 radical (unpaired) electrons. The van der Waals surface area contributed by atoms with Crippen LogP contribution >= 0.6 is 12.2 Å². The first kappa shape index (κ1) is 14.4. The van der Waals surface area contributed by atoms with Crippen molar-refractivity contribution in [3.63, 3.8) is 0 Å². The van der Waals surface area contributed by atoms with Gasteiger partial charge >= 0.3 is 5.97 Å². The van der Waals surface area contributed by atoms with E-state index < -0.39 is 24.6 Å². The van der Waals surface area contributed by atoms with Crippen LogP contribution in [0.25, 0.3) is 5.69 Å². The highest BCUT2D eigenvalue weighted by Gasteiger charge is 2.21. The number of aliphatic hydroxyl groups is 2. The topological polar surface area (TPSA) is 98.5 Å². The number of H-pyrrole nitrogens is 1. The lowest BCUT2D eigenvalue weighted by molar-refractivity contribution is -0.141. The Hall–Kier alpha value is -1.96. The van der Waals surface area contributed by atoms with E-state index in [1.807, 2.05) is 0 Å². The van der Waals surface area contributed by atoms with Crippen LogP contribution < -0.4 is 0 Å². The SMILES string of the molecule is O=C(O)CC(O)C(O)c1ccc(-n2cc[nH]c2=S)cc1. The molecule has 0 aliphatic rings. The monoisotopic (exact) mass is 294 g/mol. The Morgan fingerprint density at radius 1 is 1.30 bits per heavy atom. The van der Waals surface area contributed by atoms with Crippen LogP contribution in [0, 0.1) is 4.77 Å². The molecule has 0 spiro atoms. The molecule has 1 aromatic heterocycles. The largest absolute Gasteiger partial charge is 0.481 e. The normalized spacial score (nSPS) is 13.9. The van der Waals surface area contributed by atoms with Crippen LogP contribution in [0.4, 0.5) is 0 Å². The smallest absolute Gasteiger partial charge is 0.306 e. The van der Waals surface area contributed by atoms with Gasteiger partial charge in [0.25, 0.3) is 0 Å². The Labute approximate surface area is 119 Å². The first-order valence-electron chi connectivity index (χ1n) is 5.93.